The molecule has 4 aromatic rings. The Labute approximate surface area is 240 Å². The van der Waals surface area contributed by atoms with Gasteiger partial charge in [0.2, 0.25) is 9.84 Å². The number of rotatable bonds is 10. The van der Waals surface area contributed by atoms with Crippen LogP contribution in [0.15, 0.2) is 70.7 Å². The van der Waals surface area contributed by atoms with Gasteiger partial charge in [-0.05, 0) is 49.2 Å². The summed E-state index contributed by atoms with van der Waals surface area (Å²) in [7, 11) is -4.42. The van der Waals surface area contributed by atoms with Crippen LogP contribution in [0.5, 0.6) is 11.5 Å². The van der Waals surface area contributed by atoms with Crippen LogP contribution in [0.25, 0.3) is 11.0 Å². The van der Waals surface area contributed by atoms with Gasteiger partial charge in [0, 0.05) is 43.3 Å². The number of nitro groups is 1. The van der Waals surface area contributed by atoms with E-state index in [0.717, 1.165) is 19.2 Å². The lowest BCUT2D eigenvalue weighted by molar-refractivity contribution is -0.384. The number of benzene rings is 2. The summed E-state index contributed by atoms with van der Waals surface area (Å²) in [5.74, 6) is -1.04. The summed E-state index contributed by atoms with van der Waals surface area (Å²) >= 11 is 0. The first kappa shape index (κ1) is 27.6. The van der Waals surface area contributed by atoms with Gasteiger partial charge in [0.1, 0.15) is 22.0 Å². The third-order valence-electron chi connectivity index (χ3n) is 7.36. The van der Waals surface area contributed by atoms with Gasteiger partial charge in [-0.2, -0.15) is 0 Å². The standard InChI is InChI=1S/C28H28N6O7S/c29-27(35)22-2-1-3-25(26(22)41-19-12-17-8-9-30-28(17)32-14-19)42(38,39)21-6-7-23(24(13-21)34(36)37)31-15-20-16-33(10-11-40-20)18-4-5-18/h1-3,6-9,12-14,18,20,31H,4-5,10-11,15-16H2,(H2,29,35)(H,30,32)/t20-/m1/s1. The largest absolute Gasteiger partial charge is 0.453 e. The minimum atomic E-state index is -4.42. The molecule has 0 radical (unpaired) electrons. The number of nitro benzene ring substituents is 1. The quantitative estimate of drug-likeness (QED) is 0.182. The number of carbonyl (C=O) groups is 1. The summed E-state index contributed by atoms with van der Waals surface area (Å²) in [4.78, 5) is 32.5. The van der Waals surface area contributed by atoms with E-state index in [-0.39, 0.29) is 38.6 Å². The Morgan fingerprint density at radius 1 is 1.24 bits per heavy atom. The lowest BCUT2D eigenvalue weighted by atomic mass is 10.2. The first-order valence-electron chi connectivity index (χ1n) is 13.4. The molecule has 0 bridgehead atoms. The minimum absolute atomic E-state index is 0.154. The molecule has 1 aliphatic carbocycles. The summed E-state index contributed by atoms with van der Waals surface area (Å²) in [6.07, 6.45) is 5.26. The maximum absolute atomic E-state index is 13.9. The zero-order valence-electron chi connectivity index (χ0n) is 22.4. The van der Waals surface area contributed by atoms with Crippen LogP contribution < -0.4 is 15.8 Å². The number of pyridine rings is 1. The average Bonchev–Trinajstić information content (AvgIpc) is 3.73. The highest BCUT2D eigenvalue weighted by atomic mass is 32.2. The number of nitrogens with two attached hydrogens (primary N) is 1. The van der Waals surface area contributed by atoms with Crippen molar-refractivity contribution in [2.45, 2.75) is 34.8 Å². The highest BCUT2D eigenvalue weighted by Gasteiger charge is 2.33. The zero-order chi connectivity index (χ0) is 29.4. The molecule has 1 amide bonds. The molecule has 2 aliphatic rings. The van der Waals surface area contributed by atoms with Crippen molar-refractivity contribution >= 4 is 38.2 Å². The average molecular weight is 593 g/mol. The molecule has 6 rings (SSSR count). The van der Waals surface area contributed by atoms with E-state index in [9.17, 15) is 23.3 Å². The van der Waals surface area contributed by atoms with Crippen LogP contribution in [-0.4, -0.2) is 72.5 Å². The molecule has 42 heavy (non-hydrogen) atoms. The molecule has 2 aromatic heterocycles. The van der Waals surface area contributed by atoms with Crippen molar-refractivity contribution in [2.75, 3.05) is 31.6 Å². The van der Waals surface area contributed by atoms with Gasteiger partial charge in [0.25, 0.3) is 11.6 Å². The van der Waals surface area contributed by atoms with Gasteiger partial charge in [0.15, 0.2) is 5.75 Å². The van der Waals surface area contributed by atoms with E-state index in [1.807, 2.05) is 0 Å². The number of ether oxygens (including phenoxy) is 2. The molecule has 2 fully saturated rings. The molecule has 218 valence electrons. The Hall–Kier alpha value is -4.53. The molecule has 3 heterocycles. The topological polar surface area (TPSA) is 183 Å². The van der Waals surface area contributed by atoms with E-state index in [1.54, 1.807) is 18.3 Å². The fourth-order valence-corrected chi connectivity index (χ4v) is 6.51. The Morgan fingerprint density at radius 3 is 2.83 bits per heavy atom. The number of para-hydroxylation sites is 1. The number of H-pyrrole nitrogens is 1. The molecule has 1 atom stereocenters. The van der Waals surface area contributed by atoms with Crippen molar-refractivity contribution in [1.29, 1.82) is 0 Å². The van der Waals surface area contributed by atoms with Gasteiger partial charge in [0.05, 0.1) is 34.3 Å². The number of amides is 1. The van der Waals surface area contributed by atoms with Crippen LogP contribution in [0.4, 0.5) is 11.4 Å². The van der Waals surface area contributed by atoms with E-state index < -0.39 is 26.4 Å². The van der Waals surface area contributed by atoms with Crippen molar-refractivity contribution in [3.05, 3.63) is 76.6 Å². The Bertz CT molecular complexity index is 1790. The van der Waals surface area contributed by atoms with Crippen LogP contribution in [0.1, 0.15) is 23.2 Å². The first-order valence-corrected chi connectivity index (χ1v) is 14.9. The number of aromatic nitrogens is 2. The predicted molar refractivity (Wildman–Crippen MR) is 153 cm³/mol. The number of morpholine rings is 1. The minimum Gasteiger partial charge on any atom is -0.453 e. The lowest BCUT2D eigenvalue weighted by Crippen LogP contribution is -2.46. The van der Waals surface area contributed by atoms with E-state index in [4.69, 9.17) is 15.2 Å². The van der Waals surface area contributed by atoms with Crippen LogP contribution in [0.3, 0.4) is 0 Å². The molecular weight excluding hydrogens is 564 g/mol. The normalized spacial score (nSPS) is 17.7. The number of carbonyl (C=O) groups excluding carboxylic acids is 1. The predicted octanol–water partition coefficient (Wildman–Crippen LogP) is 3.47. The number of sulfone groups is 1. The molecule has 1 aliphatic heterocycles. The van der Waals surface area contributed by atoms with Crippen LogP contribution >= 0.6 is 0 Å². The third kappa shape index (κ3) is 5.51. The highest BCUT2D eigenvalue weighted by Crippen LogP contribution is 2.38. The molecule has 0 unspecified atom stereocenters. The van der Waals surface area contributed by atoms with Crippen molar-refractivity contribution < 1.29 is 27.6 Å². The number of anilines is 1. The first-order chi connectivity index (χ1) is 20.2. The lowest BCUT2D eigenvalue weighted by Gasteiger charge is -2.33. The number of nitrogens with zero attached hydrogens (tertiary/aromatic N) is 3. The highest BCUT2D eigenvalue weighted by molar-refractivity contribution is 7.91. The fourth-order valence-electron chi connectivity index (χ4n) is 5.09. The molecule has 1 saturated carbocycles. The summed E-state index contributed by atoms with van der Waals surface area (Å²) in [6.45, 7) is 2.51. The second kappa shape index (κ2) is 11.0. The number of primary amides is 1. The van der Waals surface area contributed by atoms with Crippen molar-refractivity contribution in [1.82, 2.24) is 14.9 Å². The van der Waals surface area contributed by atoms with E-state index in [0.29, 0.717) is 30.2 Å². The van der Waals surface area contributed by atoms with E-state index >= 15 is 0 Å². The van der Waals surface area contributed by atoms with Gasteiger partial charge in [-0.25, -0.2) is 13.4 Å². The monoisotopic (exact) mass is 592 g/mol. The van der Waals surface area contributed by atoms with Crippen LogP contribution in [0, 0.1) is 10.1 Å². The van der Waals surface area contributed by atoms with Crippen LogP contribution in [-0.2, 0) is 14.6 Å². The maximum Gasteiger partial charge on any atom is 0.293 e. The molecule has 4 N–H and O–H groups in total. The molecule has 1 saturated heterocycles. The molecule has 0 spiro atoms. The van der Waals surface area contributed by atoms with Crippen molar-refractivity contribution in [3.63, 3.8) is 0 Å². The van der Waals surface area contributed by atoms with Gasteiger partial charge in [-0.3, -0.25) is 19.8 Å². The summed E-state index contributed by atoms with van der Waals surface area (Å²) < 4.78 is 39.5. The van der Waals surface area contributed by atoms with Crippen molar-refractivity contribution in [3.8, 4) is 11.5 Å². The molecule has 14 heteroatoms. The van der Waals surface area contributed by atoms with Gasteiger partial charge < -0.3 is 25.5 Å². The van der Waals surface area contributed by atoms with Crippen LogP contribution in [0.2, 0.25) is 0 Å². The van der Waals surface area contributed by atoms with Gasteiger partial charge in [-0.15, -0.1) is 0 Å². The summed E-state index contributed by atoms with van der Waals surface area (Å²) in [5, 5.41) is 15.8. The number of hydrogen-bond acceptors (Lipinski definition) is 10. The smallest absolute Gasteiger partial charge is 0.293 e. The number of aromatic amines is 1. The number of nitrogens with one attached hydrogen (secondary N) is 2. The second-order valence-electron chi connectivity index (χ2n) is 10.2. The van der Waals surface area contributed by atoms with Crippen molar-refractivity contribution in [2.24, 2.45) is 5.73 Å². The Morgan fingerprint density at radius 2 is 2.07 bits per heavy atom. The van der Waals surface area contributed by atoms with E-state index in [1.165, 1.54) is 49.4 Å². The van der Waals surface area contributed by atoms with E-state index in [2.05, 4.69) is 20.2 Å². The Kier molecular flexibility index (Phi) is 7.26. The number of hydrogen-bond donors (Lipinski definition) is 3. The molecular formula is C28H28N6O7S. The summed E-state index contributed by atoms with van der Waals surface area (Å²) in [5.41, 5.74) is 5.72. The third-order valence-corrected chi connectivity index (χ3v) is 9.13. The SMILES string of the molecule is NC(=O)c1cccc(S(=O)(=O)c2ccc(NC[C@@H]3CN(C4CC4)CCO3)c([N+](=O)[O-])c2)c1Oc1cnc2[nH]ccc2c1. The second-order valence-corrected chi connectivity index (χ2v) is 12.1. The molecule has 2 aromatic carbocycles. The fraction of sp³-hybridized carbons (Fsp3) is 0.286. The summed E-state index contributed by atoms with van der Waals surface area (Å²) in [6, 6.07) is 11.5. The van der Waals surface area contributed by atoms with Gasteiger partial charge >= 0.3 is 0 Å². The Balaban J connectivity index is 1.30. The maximum atomic E-state index is 13.9. The molecule has 13 nitrogen and oxygen atoms in total. The number of fused-ring (bicyclic) bond motifs is 1. The van der Waals surface area contributed by atoms with Gasteiger partial charge in [-0.1, -0.05) is 6.07 Å². The zero-order valence-corrected chi connectivity index (χ0v) is 23.2.